The fourth-order valence-electron chi connectivity index (χ4n) is 3.58. The van der Waals surface area contributed by atoms with Gasteiger partial charge in [0, 0.05) is 31.7 Å². The minimum atomic E-state index is -0.385. The fourth-order valence-corrected chi connectivity index (χ4v) is 3.87. The lowest BCUT2D eigenvalue weighted by Gasteiger charge is -2.34. The molecule has 4 rings (SSSR count). The highest BCUT2D eigenvalue weighted by atomic mass is 35.5. The van der Waals surface area contributed by atoms with Gasteiger partial charge >= 0.3 is 6.09 Å². The van der Waals surface area contributed by atoms with Gasteiger partial charge in [-0.05, 0) is 55.5 Å². The number of hydrogen-bond donors (Lipinski definition) is 0. The van der Waals surface area contributed by atoms with Crippen molar-refractivity contribution in [3.05, 3.63) is 70.1 Å². The van der Waals surface area contributed by atoms with Crippen LogP contribution in [-0.4, -0.2) is 64.4 Å². The van der Waals surface area contributed by atoms with Crippen molar-refractivity contribution in [2.24, 2.45) is 0 Å². The molecule has 0 unspecified atom stereocenters. The molecule has 0 aliphatic carbocycles. The van der Waals surface area contributed by atoms with Crippen LogP contribution < -0.4 is 0 Å². The van der Waals surface area contributed by atoms with E-state index < -0.39 is 0 Å². The van der Waals surface area contributed by atoms with Crippen molar-refractivity contribution < 1.29 is 18.7 Å². The Kier molecular flexibility index (Phi) is 6.85. The van der Waals surface area contributed by atoms with Gasteiger partial charge in [-0.3, -0.25) is 4.79 Å². The number of carbonyl (C=O) groups is 2. The summed E-state index contributed by atoms with van der Waals surface area (Å²) in [6, 6.07) is 12.5. The van der Waals surface area contributed by atoms with Crippen molar-refractivity contribution in [1.82, 2.24) is 19.6 Å². The summed E-state index contributed by atoms with van der Waals surface area (Å²) in [6.07, 6.45) is -0.385. The molecule has 2 aromatic carbocycles. The van der Waals surface area contributed by atoms with E-state index in [1.54, 1.807) is 53.1 Å². The molecule has 0 spiro atoms. The van der Waals surface area contributed by atoms with Gasteiger partial charge < -0.3 is 14.5 Å². The monoisotopic (exact) mass is 490 g/mol. The Labute approximate surface area is 200 Å². The summed E-state index contributed by atoms with van der Waals surface area (Å²) in [7, 11) is 0. The Bertz CT molecular complexity index is 1170. The summed E-state index contributed by atoms with van der Waals surface area (Å²) >= 11 is 12.3. The number of rotatable bonds is 4. The lowest BCUT2D eigenvalue weighted by molar-refractivity contribution is 0.0563. The van der Waals surface area contributed by atoms with E-state index >= 15 is 0 Å². The minimum absolute atomic E-state index is 0.245. The largest absolute Gasteiger partial charge is 0.450 e. The number of nitrogens with zero attached hydrogens (tertiary/aromatic N) is 4. The Morgan fingerprint density at radius 1 is 0.970 bits per heavy atom. The zero-order valence-corrected chi connectivity index (χ0v) is 19.3. The van der Waals surface area contributed by atoms with Crippen molar-refractivity contribution in [3.63, 3.8) is 0 Å². The predicted octanol–water partition coefficient (Wildman–Crippen LogP) is 4.90. The molecule has 1 saturated heterocycles. The molecule has 7 nitrogen and oxygen atoms in total. The van der Waals surface area contributed by atoms with Crippen LogP contribution in [0.25, 0.3) is 16.9 Å². The molecule has 2 heterocycles. The van der Waals surface area contributed by atoms with E-state index in [4.69, 9.17) is 27.9 Å². The van der Waals surface area contributed by atoms with Gasteiger partial charge in [0.15, 0.2) is 0 Å². The van der Waals surface area contributed by atoms with E-state index in [1.165, 1.54) is 16.8 Å². The molecule has 0 saturated carbocycles. The zero-order valence-electron chi connectivity index (χ0n) is 17.8. The standard InChI is InChI=1S/C23H21Cl2FN4O3/c1-2-33-23(32)29-11-9-28(10-12-29)22(31)21-14-20(15-3-5-16(26)6-4-15)27-30(21)17-7-8-18(24)19(25)13-17/h3-8,13-14H,2,9-12H2,1H3. The number of aromatic nitrogens is 2. The average molecular weight is 491 g/mol. The number of ether oxygens (including phenoxy) is 1. The van der Waals surface area contributed by atoms with Gasteiger partial charge in [-0.25, -0.2) is 13.9 Å². The summed E-state index contributed by atoms with van der Waals surface area (Å²) in [5.74, 6) is -0.608. The minimum Gasteiger partial charge on any atom is -0.450 e. The third kappa shape index (κ3) is 4.96. The van der Waals surface area contributed by atoms with Crippen LogP contribution in [-0.2, 0) is 4.74 Å². The zero-order chi connectivity index (χ0) is 23.5. The molecule has 172 valence electrons. The van der Waals surface area contributed by atoms with Crippen LogP contribution in [0.1, 0.15) is 17.4 Å². The highest BCUT2D eigenvalue weighted by Gasteiger charge is 2.28. The lowest BCUT2D eigenvalue weighted by Crippen LogP contribution is -2.51. The van der Waals surface area contributed by atoms with E-state index in [-0.39, 0.29) is 17.8 Å². The first kappa shape index (κ1) is 23.1. The molecule has 0 radical (unpaired) electrons. The second-order valence-corrected chi connectivity index (χ2v) is 8.22. The third-order valence-corrected chi connectivity index (χ3v) is 6.05. The number of amides is 2. The maximum absolute atomic E-state index is 13.5. The molecule has 2 amide bonds. The van der Waals surface area contributed by atoms with Crippen LogP contribution >= 0.6 is 23.2 Å². The Morgan fingerprint density at radius 2 is 1.64 bits per heavy atom. The van der Waals surface area contributed by atoms with Crippen molar-refractivity contribution >= 4 is 35.2 Å². The Hall–Kier alpha value is -3.10. The van der Waals surface area contributed by atoms with Gasteiger partial charge in [0.05, 0.1) is 28.0 Å². The highest BCUT2D eigenvalue weighted by Crippen LogP contribution is 2.28. The molecule has 0 atom stereocenters. The summed E-state index contributed by atoms with van der Waals surface area (Å²) in [4.78, 5) is 28.7. The van der Waals surface area contributed by atoms with Crippen LogP contribution in [0, 0.1) is 5.82 Å². The molecule has 1 aromatic heterocycles. The van der Waals surface area contributed by atoms with Crippen molar-refractivity contribution in [3.8, 4) is 16.9 Å². The predicted molar refractivity (Wildman–Crippen MR) is 123 cm³/mol. The van der Waals surface area contributed by atoms with E-state index in [9.17, 15) is 14.0 Å². The van der Waals surface area contributed by atoms with Gasteiger partial charge in [0.25, 0.3) is 5.91 Å². The smallest absolute Gasteiger partial charge is 0.409 e. The molecule has 0 bridgehead atoms. The molecule has 0 N–H and O–H groups in total. The summed E-state index contributed by atoms with van der Waals surface area (Å²) in [6.45, 7) is 3.51. The summed E-state index contributed by atoms with van der Waals surface area (Å²) in [5.41, 5.74) is 2.05. The quantitative estimate of drug-likeness (QED) is 0.521. The van der Waals surface area contributed by atoms with Crippen molar-refractivity contribution in [2.45, 2.75) is 6.92 Å². The van der Waals surface area contributed by atoms with Crippen LogP contribution in [0.15, 0.2) is 48.5 Å². The molecule has 1 aliphatic heterocycles. The van der Waals surface area contributed by atoms with Gasteiger partial charge in [-0.15, -0.1) is 0 Å². The van der Waals surface area contributed by atoms with Crippen LogP contribution in [0.3, 0.4) is 0 Å². The molecular weight excluding hydrogens is 470 g/mol. The topological polar surface area (TPSA) is 67.7 Å². The van der Waals surface area contributed by atoms with Crippen LogP contribution in [0.5, 0.6) is 0 Å². The Morgan fingerprint density at radius 3 is 2.27 bits per heavy atom. The van der Waals surface area contributed by atoms with Crippen molar-refractivity contribution in [1.29, 1.82) is 0 Å². The van der Waals surface area contributed by atoms with Gasteiger partial charge in [-0.1, -0.05) is 23.2 Å². The van der Waals surface area contributed by atoms with Crippen LogP contribution in [0.2, 0.25) is 10.0 Å². The number of carbonyl (C=O) groups excluding carboxylic acids is 2. The Balaban J connectivity index is 1.66. The van der Waals surface area contributed by atoms with E-state index in [1.807, 2.05) is 0 Å². The maximum Gasteiger partial charge on any atom is 0.409 e. The van der Waals surface area contributed by atoms with E-state index in [2.05, 4.69) is 5.10 Å². The first-order valence-electron chi connectivity index (χ1n) is 10.4. The molecular formula is C23H21Cl2FN4O3. The number of benzene rings is 2. The molecule has 33 heavy (non-hydrogen) atoms. The fraction of sp³-hybridized carbons (Fsp3) is 0.261. The first-order chi connectivity index (χ1) is 15.9. The summed E-state index contributed by atoms with van der Waals surface area (Å²) in [5, 5.41) is 5.31. The van der Waals surface area contributed by atoms with E-state index in [0.717, 1.165) is 0 Å². The second kappa shape index (κ2) is 9.80. The number of hydrogen-bond acceptors (Lipinski definition) is 4. The molecule has 1 fully saturated rings. The van der Waals surface area contributed by atoms with Gasteiger partial charge in [0.1, 0.15) is 11.5 Å². The van der Waals surface area contributed by atoms with Gasteiger partial charge in [0.2, 0.25) is 0 Å². The maximum atomic E-state index is 13.5. The van der Waals surface area contributed by atoms with Crippen LogP contribution in [0.4, 0.5) is 9.18 Å². The molecule has 3 aromatic rings. The molecule has 10 heteroatoms. The third-order valence-electron chi connectivity index (χ3n) is 5.31. The normalized spacial score (nSPS) is 13.8. The SMILES string of the molecule is CCOC(=O)N1CCN(C(=O)c2cc(-c3ccc(F)cc3)nn2-c2ccc(Cl)c(Cl)c2)CC1. The molecule has 1 aliphatic rings. The lowest BCUT2D eigenvalue weighted by atomic mass is 10.1. The summed E-state index contributed by atoms with van der Waals surface area (Å²) < 4.78 is 19.9. The van der Waals surface area contributed by atoms with E-state index in [0.29, 0.717) is 65.5 Å². The van der Waals surface area contributed by atoms with Crippen molar-refractivity contribution in [2.75, 3.05) is 32.8 Å². The number of piperazine rings is 1. The highest BCUT2D eigenvalue weighted by molar-refractivity contribution is 6.42. The first-order valence-corrected chi connectivity index (χ1v) is 11.2. The second-order valence-electron chi connectivity index (χ2n) is 7.41. The average Bonchev–Trinajstić information content (AvgIpc) is 3.26. The number of halogens is 3. The van der Waals surface area contributed by atoms with Gasteiger partial charge in [-0.2, -0.15) is 5.10 Å².